The van der Waals surface area contributed by atoms with Crippen LogP contribution in [0.15, 0.2) is 36.9 Å². The largest absolute Gasteiger partial charge is 0.476 e. The molecule has 2 aliphatic heterocycles. The van der Waals surface area contributed by atoms with Gasteiger partial charge in [-0.1, -0.05) is 11.6 Å². The van der Waals surface area contributed by atoms with Gasteiger partial charge in [0, 0.05) is 44.6 Å². The van der Waals surface area contributed by atoms with Gasteiger partial charge in [0.1, 0.15) is 17.0 Å². The molecule has 3 atom stereocenters. The highest BCUT2D eigenvalue weighted by Gasteiger charge is 2.45. The number of anilines is 1. The number of amides is 1. The van der Waals surface area contributed by atoms with Crippen molar-refractivity contribution in [3.05, 3.63) is 70.8 Å². The van der Waals surface area contributed by atoms with Crippen molar-refractivity contribution in [3.63, 3.8) is 0 Å². The number of nitrogens with one attached hydrogen (secondary N) is 2. The van der Waals surface area contributed by atoms with Gasteiger partial charge in [-0.3, -0.25) is 0 Å². The fourth-order valence-corrected chi connectivity index (χ4v) is 5.75. The maximum atomic E-state index is 14.9. The summed E-state index contributed by atoms with van der Waals surface area (Å²) in [5.41, 5.74) is -1.60. The lowest BCUT2D eigenvalue weighted by molar-refractivity contribution is -0.114. The Labute approximate surface area is 263 Å². The maximum absolute atomic E-state index is 14.9. The van der Waals surface area contributed by atoms with Gasteiger partial charge in [0.25, 0.3) is 0 Å². The van der Waals surface area contributed by atoms with Crippen LogP contribution in [0.4, 0.5) is 23.9 Å². The van der Waals surface area contributed by atoms with Crippen LogP contribution in [0.1, 0.15) is 57.0 Å². The Morgan fingerprint density at radius 1 is 1.02 bits per heavy atom. The number of hydrogen-bond donors (Lipinski definition) is 2. The van der Waals surface area contributed by atoms with E-state index in [4.69, 9.17) is 25.8 Å². The van der Waals surface area contributed by atoms with Gasteiger partial charge < -0.3 is 29.7 Å². The highest BCUT2D eigenvalue weighted by Crippen LogP contribution is 2.39. The Bertz CT molecular complexity index is 1490. The minimum Gasteiger partial charge on any atom is -0.476 e. The second kappa shape index (κ2) is 13.3. The first kappa shape index (κ1) is 32.6. The lowest BCUT2D eigenvalue weighted by atomic mass is 9.85. The normalized spacial score (nSPS) is 20.5. The number of methoxy groups -OCH3 is 1. The number of aromatic nitrogens is 4. The topological polar surface area (TPSA) is 124 Å². The average molecular weight is 650 g/mol. The molecule has 5 rings (SSSR count). The number of halogens is 4. The molecule has 15 heteroatoms. The van der Waals surface area contributed by atoms with Crippen molar-refractivity contribution in [2.24, 2.45) is 0 Å². The molecule has 2 saturated heterocycles. The smallest absolute Gasteiger partial charge is 0.407 e. The predicted molar refractivity (Wildman–Crippen MR) is 159 cm³/mol. The zero-order chi connectivity index (χ0) is 32.4. The Hall–Kier alpha value is -3.75. The molecule has 1 aromatic carbocycles. The van der Waals surface area contributed by atoms with Crippen molar-refractivity contribution in [1.82, 2.24) is 30.6 Å². The van der Waals surface area contributed by atoms with E-state index in [2.05, 4.69) is 30.6 Å². The molecule has 2 aromatic heterocycles. The minimum absolute atomic E-state index is 0.0879. The van der Waals surface area contributed by atoms with E-state index >= 15 is 0 Å². The van der Waals surface area contributed by atoms with Crippen molar-refractivity contribution in [1.29, 1.82) is 0 Å². The molecule has 2 aliphatic rings. The number of ether oxygens (including phenoxy) is 3. The lowest BCUT2D eigenvalue weighted by Crippen LogP contribution is -2.49. The third-order valence-electron chi connectivity index (χ3n) is 7.82. The number of hydrogen-bond acceptors (Lipinski definition) is 10. The van der Waals surface area contributed by atoms with Crippen molar-refractivity contribution in [2.45, 2.75) is 62.9 Å². The van der Waals surface area contributed by atoms with Gasteiger partial charge in [0.05, 0.1) is 23.5 Å². The molecule has 2 fully saturated rings. The Morgan fingerprint density at radius 2 is 1.67 bits per heavy atom. The molecule has 3 aromatic rings. The van der Waals surface area contributed by atoms with Crippen molar-refractivity contribution >= 4 is 23.6 Å². The Morgan fingerprint density at radius 3 is 2.29 bits per heavy atom. The summed E-state index contributed by atoms with van der Waals surface area (Å²) in [6.07, 6.45) is 5.80. The summed E-state index contributed by atoms with van der Waals surface area (Å²) in [6, 6.07) is 0.578. The summed E-state index contributed by atoms with van der Waals surface area (Å²) in [5, 5.41) is 6.44. The zero-order valence-electron chi connectivity index (χ0n) is 25.3. The highest BCUT2D eigenvalue weighted by atomic mass is 35.5. The van der Waals surface area contributed by atoms with Gasteiger partial charge in [-0.05, 0) is 58.3 Å². The van der Waals surface area contributed by atoms with Gasteiger partial charge in [-0.25, -0.2) is 37.9 Å². The molecular formula is C30H35ClF3N7O4. The average Bonchev–Trinajstić information content (AvgIpc) is 3.41. The molecule has 4 heterocycles. The molecule has 242 valence electrons. The van der Waals surface area contributed by atoms with E-state index in [0.29, 0.717) is 48.6 Å². The number of rotatable bonds is 8. The van der Waals surface area contributed by atoms with E-state index in [1.54, 1.807) is 32.8 Å². The first-order chi connectivity index (χ1) is 21.4. The predicted octanol–water partition coefficient (Wildman–Crippen LogP) is 4.72. The van der Waals surface area contributed by atoms with E-state index in [0.717, 1.165) is 6.07 Å². The summed E-state index contributed by atoms with van der Waals surface area (Å²) >= 11 is 6.03. The number of carbonyl (C=O) groups is 1. The molecule has 1 amide bonds. The summed E-state index contributed by atoms with van der Waals surface area (Å²) in [4.78, 5) is 32.1. The van der Waals surface area contributed by atoms with Crippen LogP contribution >= 0.6 is 11.6 Å². The Kier molecular flexibility index (Phi) is 9.65. The van der Waals surface area contributed by atoms with E-state index in [-0.39, 0.29) is 24.6 Å². The summed E-state index contributed by atoms with van der Waals surface area (Å²) < 4.78 is 60.6. The number of carbonyl (C=O) groups excluding carboxylic acids is 1. The number of benzene rings is 1. The standard InChI is InChI=1S/C30H35ClF3N7O4/c1-29(2,3)45-28(42)40-24-16-41(15-20(24)19-9-22(33)23(34)10-21(19)32)27-38-13-18(14-39-27)44-25(26-36-11-17(31)12-37-26)30(43-4)5-7-35-8-6-30/h9-14,20,24-25,35H,5-8,15-16H2,1-4H3,(H,40,42). The van der Waals surface area contributed by atoms with Crippen LogP contribution in [-0.2, 0) is 9.47 Å². The van der Waals surface area contributed by atoms with Gasteiger partial charge in [-0.2, -0.15) is 0 Å². The SMILES string of the molecule is COC1(C(Oc2cnc(N3CC(NC(=O)OC(C)(C)C)C(c4cc(F)c(F)cc4F)C3)nc2)c2ncc(Cl)cn2)CCNCC1. The van der Waals surface area contributed by atoms with E-state index in [1.807, 2.05) is 0 Å². The van der Waals surface area contributed by atoms with Crippen LogP contribution in [0.2, 0.25) is 5.02 Å². The van der Waals surface area contributed by atoms with Crippen LogP contribution in [-0.4, -0.2) is 76.6 Å². The van der Waals surface area contributed by atoms with Gasteiger partial charge in [0.15, 0.2) is 29.3 Å². The fourth-order valence-electron chi connectivity index (χ4n) is 5.66. The second-order valence-corrected chi connectivity index (χ2v) is 12.5. The molecule has 0 aliphatic carbocycles. The van der Waals surface area contributed by atoms with Gasteiger partial charge >= 0.3 is 6.09 Å². The van der Waals surface area contributed by atoms with Crippen LogP contribution in [0.5, 0.6) is 5.75 Å². The molecule has 11 nitrogen and oxygen atoms in total. The van der Waals surface area contributed by atoms with Crippen LogP contribution in [0, 0.1) is 17.5 Å². The van der Waals surface area contributed by atoms with Gasteiger partial charge in [-0.15, -0.1) is 0 Å². The first-order valence-corrected chi connectivity index (χ1v) is 14.9. The first-order valence-electron chi connectivity index (χ1n) is 14.5. The molecular weight excluding hydrogens is 615 g/mol. The molecule has 0 radical (unpaired) electrons. The zero-order valence-corrected chi connectivity index (χ0v) is 26.1. The molecule has 0 spiro atoms. The van der Waals surface area contributed by atoms with Crippen LogP contribution < -0.4 is 20.3 Å². The minimum atomic E-state index is -1.30. The Balaban J connectivity index is 1.39. The van der Waals surface area contributed by atoms with E-state index in [9.17, 15) is 18.0 Å². The van der Waals surface area contributed by atoms with Crippen molar-refractivity contribution in [3.8, 4) is 5.75 Å². The molecule has 45 heavy (non-hydrogen) atoms. The number of piperidine rings is 1. The lowest BCUT2D eigenvalue weighted by Gasteiger charge is -2.41. The second-order valence-electron chi connectivity index (χ2n) is 12.0. The third kappa shape index (κ3) is 7.56. The fraction of sp³-hybridized carbons (Fsp3) is 0.500. The maximum Gasteiger partial charge on any atom is 0.407 e. The molecule has 0 bridgehead atoms. The summed E-state index contributed by atoms with van der Waals surface area (Å²) in [7, 11) is 1.62. The van der Waals surface area contributed by atoms with Crippen molar-refractivity contribution < 1.29 is 32.2 Å². The van der Waals surface area contributed by atoms with Crippen LogP contribution in [0.25, 0.3) is 0 Å². The van der Waals surface area contributed by atoms with E-state index < -0.39 is 52.8 Å². The summed E-state index contributed by atoms with van der Waals surface area (Å²) in [5.74, 6) is -3.22. The number of nitrogens with zero attached hydrogens (tertiary/aromatic N) is 5. The summed E-state index contributed by atoms with van der Waals surface area (Å²) in [6.45, 7) is 6.79. The molecule has 2 N–H and O–H groups in total. The third-order valence-corrected chi connectivity index (χ3v) is 8.02. The van der Waals surface area contributed by atoms with Gasteiger partial charge in [0.2, 0.25) is 5.95 Å². The van der Waals surface area contributed by atoms with Crippen molar-refractivity contribution in [2.75, 3.05) is 38.2 Å². The molecule has 0 saturated carbocycles. The van der Waals surface area contributed by atoms with E-state index in [1.165, 1.54) is 24.8 Å². The quantitative estimate of drug-likeness (QED) is 0.331. The molecule has 3 unspecified atom stereocenters. The monoisotopic (exact) mass is 649 g/mol. The number of alkyl carbamates (subject to hydrolysis) is 1. The van der Waals surface area contributed by atoms with Crippen LogP contribution in [0.3, 0.4) is 0 Å². The highest BCUT2D eigenvalue weighted by molar-refractivity contribution is 6.30.